The maximum atomic E-state index is 12.1. The fraction of sp³-hybridized carbons (Fsp3) is 0.500. The summed E-state index contributed by atoms with van der Waals surface area (Å²) in [6.45, 7) is 5.46. The van der Waals surface area contributed by atoms with Crippen molar-refractivity contribution in [1.29, 1.82) is 0 Å². The van der Waals surface area contributed by atoms with Gasteiger partial charge in [-0.3, -0.25) is 10.1 Å². The third-order valence-corrected chi connectivity index (χ3v) is 3.50. The van der Waals surface area contributed by atoms with Crippen LogP contribution >= 0.6 is 0 Å². The summed E-state index contributed by atoms with van der Waals surface area (Å²) in [5.41, 5.74) is 1.30. The second-order valence-electron chi connectivity index (χ2n) is 4.87. The van der Waals surface area contributed by atoms with Crippen molar-refractivity contribution in [2.24, 2.45) is 0 Å². The Hall–Kier alpha value is -2.15. The van der Waals surface area contributed by atoms with Gasteiger partial charge in [-0.1, -0.05) is 12.1 Å². The first-order valence-electron chi connectivity index (χ1n) is 6.94. The molecule has 0 radical (unpaired) electrons. The molecule has 114 valence electrons. The number of nitro groups is 1. The van der Waals surface area contributed by atoms with Crippen LogP contribution in [-0.4, -0.2) is 43.2 Å². The SMILES string of the molecule is CCOC(=O)C1CNCCN1c1c(C)cccc1[N+](=O)[O-]. The summed E-state index contributed by atoms with van der Waals surface area (Å²) in [7, 11) is 0. The van der Waals surface area contributed by atoms with E-state index in [9.17, 15) is 14.9 Å². The lowest BCUT2D eigenvalue weighted by Crippen LogP contribution is -2.56. The Morgan fingerprint density at radius 3 is 3.00 bits per heavy atom. The maximum Gasteiger partial charge on any atom is 0.330 e. The molecule has 1 N–H and O–H groups in total. The molecule has 7 nitrogen and oxygen atoms in total. The number of hydrogen-bond donors (Lipinski definition) is 1. The number of nitro benzene ring substituents is 1. The second-order valence-corrected chi connectivity index (χ2v) is 4.87. The quantitative estimate of drug-likeness (QED) is 0.511. The third kappa shape index (κ3) is 3.13. The molecule has 0 saturated carbocycles. The van der Waals surface area contributed by atoms with Crippen LogP contribution in [0.1, 0.15) is 12.5 Å². The van der Waals surface area contributed by atoms with Crippen LogP contribution < -0.4 is 10.2 Å². The summed E-state index contributed by atoms with van der Waals surface area (Å²) in [5, 5.41) is 14.4. The van der Waals surface area contributed by atoms with Crippen molar-refractivity contribution < 1.29 is 14.5 Å². The number of esters is 1. The van der Waals surface area contributed by atoms with Gasteiger partial charge in [0, 0.05) is 25.7 Å². The van der Waals surface area contributed by atoms with Gasteiger partial charge in [0.15, 0.2) is 0 Å². The van der Waals surface area contributed by atoms with Gasteiger partial charge in [0.05, 0.1) is 11.5 Å². The van der Waals surface area contributed by atoms with Gasteiger partial charge in [-0.05, 0) is 19.4 Å². The average Bonchev–Trinajstić information content (AvgIpc) is 2.47. The van der Waals surface area contributed by atoms with E-state index in [1.54, 1.807) is 17.9 Å². The molecule has 0 amide bonds. The molecule has 1 atom stereocenters. The number of ether oxygens (including phenoxy) is 1. The van der Waals surface area contributed by atoms with E-state index in [1.807, 2.05) is 13.0 Å². The number of nitrogens with zero attached hydrogens (tertiary/aromatic N) is 2. The van der Waals surface area contributed by atoms with Crippen molar-refractivity contribution in [3.05, 3.63) is 33.9 Å². The van der Waals surface area contributed by atoms with Gasteiger partial charge in [-0.25, -0.2) is 4.79 Å². The molecule has 1 heterocycles. The number of carbonyl (C=O) groups excluding carboxylic acids is 1. The van der Waals surface area contributed by atoms with Gasteiger partial charge in [0.2, 0.25) is 0 Å². The number of piperazine rings is 1. The fourth-order valence-corrected chi connectivity index (χ4v) is 2.59. The van der Waals surface area contributed by atoms with E-state index >= 15 is 0 Å². The smallest absolute Gasteiger partial charge is 0.330 e. The van der Waals surface area contributed by atoms with Gasteiger partial charge < -0.3 is 15.0 Å². The second kappa shape index (κ2) is 6.53. The van der Waals surface area contributed by atoms with E-state index in [1.165, 1.54) is 6.07 Å². The molecule has 0 aromatic heterocycles. The minimum Gasteiger partial charge on any atom is -0.464 e. The highest BCUT2D eigenvalue weighted by molar-refractivity contribution is 5.83. The number of para-hydroxylation sites is 1. The van der Waals surface area contributed by atoms with E-state index in [0.29, 0.717) is 31.9 Å². The number of nitrogens with one attached hydrogen (secondary N) is 1. The Labute approximate surface area is 123 Å². The van der Waals surface area contributed by atoms with Gasteiger partial charge in [-0.15, -0.1) is 0 Å². The number of anilines is 1. The summed E-state index contributed by atoms with van der Waals surface area (Å²) in [6, 6.07) is 4.39. The molecule has 1 aromatic rings. The molecular formula is C14H19N3O4. The Morgan fingerprint density at radius 2 is 2.33 bits per heavy atom. The van der Waals surface area contributed by atoms with E-state index in [-0.39, 0.29) is 11.7 Å². The zero-order chi connectivity index (χ0) is 15.4. The molecule has 2 rings (SSSR count). The monoisotopic (exact) mass is 293 g/mol. The summed E-state index contributed by atoms with van der Waals surface area (Å²) in [4.78, 5) is 24.7. The van der Waals surface area contributed by atoms with Gasteiger partial charge in [0.25, 0.3) is 5.69 Å². The van der Waals surface area contributed by atoms with Crippen LogP contribution in [0.5, 0.6) is 0 Å². The predicted octanol–water partition coefficient (Wildman–Crippen LogP) is 1.24. The van der Waals surface area contributed by atoms with E-state index in [2.05, 4.69) is 5.32 Å². The lowest BCUT2D eigenvalue weighted by Gasteiger charge is -2.36. The van der Waals surface area contributed by atoms with E-state index in [0.717, 1.165) is 5.56 Å². The molecule has 1 fully saturated rings. The number of benzene rings is 1. The lowest BCUT2D eigenvalue weighted by molar-refractivity contribution is -0.384. The molecule has 0 aliphatic carbocycles. The molecule has 1 aliphatic rings. The van der Waals surface area contributed by atoms with Gasteiger partial charge in [-0.2, -0.15) is 0 Å². The lowest BCUT2D eigenvalue weighted by atomic mass is 10.1. The maximum absolute atomic E-state index is 12.1. The van der Waals surface area contributed by atoms with Crippen LogP contribution in [0.15, 0.2) is 18.2 Å². The Morgan fingerprint density at radius 1 is 1.57 bits per heavy atom. The van der Waals surface area contributed by atoms with Crippen molar-refractivity contribution in [3.63, 3.8) is 0 Å². The Kier molecular flexibility index (Phi) is 4.74. The van der Waals surface area contributed by atoms with Crippen LogP contribution in [0.2, 0.25) is 0 Å². The van der Waals surface area contributed by atoms with Crippen LogP contribution in [0, 0.1) is 17.0 Å². The average molecular weight is 293 g/mol. The Bertz CT molecular complexity index is 547. The summed E-state index contributed by atoms with van der Waals surface area (Å²) in [5.74, 6) is -0.359. The highest BCUT2D eigenvalue weighted by Gasteiger charge is 2.34. The molecule has 7 heteroatoms. The summed E-state index contributed by atoms with van der Waals surface area (Å²) in [6.07, 6.45) is 0. The van der Waals surface area contributed by atoms with Crippen molar-refractivity contribution in [1.82, 2.24) is 5.32 Å². The minimum absolute atomic E-state index is 0.0196. The standard InChI is InChI=1S/C14H19N3O4/c1-3-21-14(18)12-9-15-7-8-16(12)13-10(2)5-4-6-11(13)17(19)20/h4-6,12,15H,3,7-9H2,1-2H3. The molecule has 1 unspecified atom stereocenters. The molecule has 0 spiro atoms. The first-order valence-corrected chi connectivity index (χ1v) is 6.94. The number of carbonyl (C=O) groups is 1. The highest BCUT2D eigenvalue weighted by atomic mass is 16.6. The van der Waals surface area contributed by atoms with Crippen molar-refractivity contribution in [3.8, 4) is 0 Å². The molecule has 21 heavy (non-hydrogen) atoms. The Balaban J connectivity index is 2.42. The fourth-order valence-electron chi connectivity index (χ4n) is 2.59. The zero-order valence-electron chi connectivity index (χ0n) is 12.2. The van der Waals surface area contributed by atoms with E-state index < -0.39 is 11.0 Å². The van der Waals surface area contributed by atoms with Crippen molar-refractivity contribution in [2.75, 3.05) is 31.1 Å². The number of rotatable bonds is 4. The van der Waals surface area contributed by atoms with Crippen LogP contribution in [0.25, 0.3) is 0 Å². The summed E-state index contributed by atoms with van der Waals surface area (Å²) >= 11 is 0. The number of aryl methyl sites for hydroxylation is 1. The summed E-state index contributed by atoms with van der Waals surface area (Å²) < 4.78 is 5.08. The molecular weight excluding hydrogens is 274 g/mol. The number of hydrogen-bond acceptors (Lipinski definition) is 6. The van der Waals surface area contributed by atoms with Crippen LogP contribution in [0.4, 0.5) is 11.4 Å². The molecule has 0 bridgehead atoms. The molecule has 1 aromatic carbocycles. The van der Waals surface area contributed by atoms with Gasteiger partial charge in [0.1, 0.15) is 11.7 Å². The van der Waals surface area contributed by atoms with Gasteiger partial charge >= 0.3 is 5.97 Å². The topological polar surface area (TPSA) is 84.7 Å². The zero-order valence-corrected chi connectivity index (χ0v) is 12.2. The van der Waals surface area contributed by atoms with Crippen LogP contribution in [0.3, 0.4) is 0 Å². The predicted molar refractivity (Wildman–Crippen MR) is 78.5 cm³/mol. The third-order valence-electron chi connectivity index (χ3n) is 3.50. The normalized spacial score (nSPS) is 18.4. The molecule has 1 aliphatic heterocycles. The van der Waals surface area contributed by atoms with Crippen molar-refractivity contribution >= 4 is 17.3 Å². The molecule has 1 saturated heterocycles. The van der Waals surface area contributed by atoms with Crippen LogP contribution in [-0.2, 0) is 9.53 Å². The van der Waals surface area contributed by atoms with E-state index in [4.69, 9.17) is 4.74 Å². The minimum atomic E-state index is -0.543. The van der Waals surface area contributed by atoms with Crippen molar-refractivity contribution in [2.45, 2.75) is 19.9 Å². The first kappa shape index (κ1) is 15.2. The largest absolute Gasteiger partial charge is 0.464 e. The highest BCUT2D eigenvalue weighted by Crippen LogP contribution is 2.33. The first-order chi connectivity index (χ1) is 10.1.